The topological polar surface area (TPSA) is 125 Å². The molecule has 5 rings (SSSR count). The molecule has 1 heterocycles. The number of carboxylic acids is 1. The molecular weight excluding hydrogens is 446 g/mol. The van der Waals surface area contributed by atoms with Crippen molar-refractivity contribution in [2.45, 2.75) is 18.4 Å². The largest absolute Gasteiger partial charge is 0.508 e. The van der Waals surface area contributed by atoms with Crippen molar-refractivity contribution in [3.05, 3.63) is 95.7 Å². The first-order valence-corrected chi connectivity index (χ1v) is 11.2. The minimum absolute atomic E-state index is 0.00619. The standard InChI is InChI=1S/C27H23N3O5/c31-18-11-9-16(10-12-18)25-17(14-28-30-25)13-24(26(32)33)29-27(34)35-15-23-21-7-3-1-5-19(21)20-6-2-4-8-22(20)23/h1-12,14,23-24,31H,13,15H2,(H,28,30)(H,29,34)(H,32,33). The Labute approximate surface area is 201 Å². The van der Waals surface area contributed by atoms with Crippen LogP contribution in [-0.2, 0) is 16.0 Å². The lowest BCUT2D eigenvalue weighted by atomic mass is 9.98. The number of phenols is 1. The number of carbonyl (C=O) groups excluding carboxylic acids is 1. The first-order chi connectivity index (χ1) is 17.0. The van der Waals surface area contributed by atoms with Crippen LogP contribution in [0.1, 0.15) is 22.6 Å². The first-order valence-electron chi connectivity index (χ1n) is 11.2. The van der Waals surface area contributed by atoms with Gasteiger partial charge in [-0.05, 0) is 46.5 Å². The van der Waals surface area contributed by atoms with Crippen molar-refractivity contribution in [2.75, 3.05) is 6.61 Å². The van der Waals surface area contributed by atoms with Crippen LogP contribution in [0.25, 0.3) is 22.4 Å². The summed E-state index contributed by atoms with van der Waals surface area (Å²) >= 11 is 0. The minimum Gasteiger partial charge on any atom is -0.508 e. The van der Waals surface area contributed by atoms with Crippen LogP contribution in [0, 0.1) is 0 Å². The summed E-state index contributed by atoms with van der Waals surface area (Å²) in [5.41, 5.74) is 6.35. The predicted octanol–water partition coefficient (Wildman–Crippen LogP) is 4.32. The van der Waals surface area contributed by atoms with Gasteiger partial charge in [0.15, 0.2) is 0 Å². The summed E-state index contributed by atoms with van der Waals surface area (Å²) in [5.74, 6) is -1.18. The van der Waals surface area contributed by atoms with Gasteiger partial charge in [-0.25, -0.2) is 9.59 Å². The Hall–Kier alpha value is -4.59. The fraction of sp³-hybridized carbons (Fsp3) is 0.148. The van der Waals surface area contributed by atoms with E-state index < -0.39 is 18.1 Å². The normalized spacial score (nSPS) is 13.0. The number of carboxylic acid groups (broad SMARTS) is 1. The number of aromatic amines is 1. The van der Waals surface area contributed by atoms with E-state index in [9.17, 15) is 19.8 Å². The average Bonchev–Trinajstić information content (AvgIpc) is 3.45. The quantitative estimate of drug-likeness (QED) is 0.320. The van der Waals surface area contributed by atoms with E-state index in [1.165, 1.54) is 18.3 Å². The molecule has 0 aliphatic heterocycles. The van der Waals surface area contributed by atoms with Gasteiger partial charge in [0.05, 0.1) is 11.9 Å². The molecule has 0 bridgehead atoms. The molecule has 0 fully saturated rings. The fourth-order valence-electron chi connectivity index (χ4n) is 4.55. The lowest BCUT2D eigenvalue weighted by Gasteiger charge is -2.17. The zero-order valence-corrected chi connectivity index (χ0v) is 18.6. The predicted molar refractivity (Wildman–Crippen MR) is 129 cm³/mol. The van der Waals surface area contributed by atoms with Gasteiger partial charge in [-0.2, -0.15) is 5.10 Å². The highest BCUT2D eigenvalue weighted by Crippen LogP contribution is 2.44. The van der Waals surface area contributed by atoms with Crippen LogP contribution in [0.3, 0.4) is 0 Å². The van der Waals surface area contributed by atoms with Gasteiger partial charge in [0.1, 0.15) is 18.4 Å². The number of amides is 1. The van der Waals surface area contributed by atoms with E-state index in [-0.39, 0.29) is 24.7 Å². The molecule has 1 aromatic heterocycles. The number of alkyl carbamates (subject to hydrolysis) is 1. The lowest BCUT2D eigenvalue weighted by molar-refractivity contribution is -0.139. The van der Waals surface area contributed by atoms with Gasteiger partial charge < -0.3 is 20.3 Å². The maximum absolute atomic E-state index is 12.6. The summed E-state index contributed by atoms with van der Waals surface area (Å²) in [6, 6.07) is 21.2. The Morgan fingerprint density at radius 2 is 1.60 bits per heavy atom. The lowest BCUT2D eigenvalue weighted by Crippen LogP contribution is -2.43. The molecule has 8 nitrogen and oxygen atoms in total. The summed E-state index contributed by atoms with van der Waals surface area (Å²) < 4.78 is 5.50. The van der Waals surface area contributed by atoms with Crippen LogP contribution in [0.5, 0.6) is 5.75 Å². The van der Waals surface area contributed by atoms with Crippen LogP contribution >= 0.6 is 0 Å². The monoisotopic (exact) mass is 469 g/mol. The Balaban J connectivity index is 1.27. The van der Waals surface area contributed by atoms with Crippen molar-refractivity contribution in [1.29, 1.82) is 0 Å². The van der Waals surface area contributed by atoms with Crippen molar-refractivity contribution in [1.82, 2.24) is 15.5 Å². The highest BCUT2D eigenvalue weighted by Gasteiger charge is 2.30. The number of carbonyl (C=O) groups is 2. The number of benzene rings is 3. The third-order valence-electron chi connectivity index (χ3n) is 6.23. The molecule has 3 aromatic carbocycles. The molecule has 0 radical (unpaired) electrons. The second-order valence-electron chi connectivity index (χ2n) is 8.38. The number of aromatic nitrogens is 2. The fourth-order valence-corrected chi connectivity index (χ4v) is 4.55. The second kappa shape index (κ2) is 9.34. The smallest absolute Gasteiger partial charge is 0.407 e. The van der Waals surface area contributed by atoms with E-state index in [1.807, 2.05) is 48.5 Å². The van der Waals surface area contributed by atoms with Gasteiger partial charge in [0.25, 0.3) is 0 Å². The number of phenolic OH excluding ortho intramolecular Hbond substituents is 1. The molecule has 1 atom stereocenters. The molecule has 1 unspecified atom stereocenters. The van der Waals surface area contributed by atoms with Gasteiger partial charge in [0.2, 0.25) is 0 Å². The Bertz CT molecular complexity index is 1330. The summed E-state index contributed by atoms with van der Waals surface area (Å²) in [7, 11) is 0. The zero-order chi connectivity index (χ0) is 24.4. The van der Waals surface area contributed by atoms with Crippen LogP contribution in [0.2, 0.25) is 0 Å². The second-order valence-corrected chi connectivity index (χ2v) is 8.38. The Kier molecular flexibility index (Phi) is 5.93. The van der Waals surface area contributed by atoms with Crippen molar-refractivity contribution in [3.8, 4) is 28.1 Å². The van der Waals surface area contributed by atoms with E-state index in [2.05, 4.69) is 15.5 Å². The molecule has 0 saturated carbocycles. The SMILES string of the molecule is O=C(NC(Cc1cn[nH]c1-c1ccc(O)cc1)C(=O)O)OCC1c2ccccc2-c2ccccc21. The third kappa shape index (κ3) is 4.46. The number of fused-ring (bicyclic) bond motifs is 3. The molecular formula is C27H23N3O5. The van der Waals surface area contributed by atoms with E-state index in [0.717, 1.165) is 27.8 Å². The van der Waals surface area contributed by atoms with Gasteiger partial charge in [0, 0.05) is 23.5 Å². The molecule has 0 saturated heterocycles. The Morgan fingerprint density at radius 3 is 2.23 bits per heavy atom. The van der Waals surface area contributed by atoms with E-state index in [1.54, 1.807) is 12.1 Å². The number of aliphatic carboxylic acids is 1. The highest BCUT2D eigenvalue weighted by molar-refractivity contribution is 5.81. The first kappa shape index (κ1) is 22.2. The molecule has 35 heavy (non-hydrogen) atoms. The van der Waals surface area contributed by atoms with Crippen molar-refractivity contribution >= 4 is 12.1 Å². The van der Waals surface area contributed by atoms with Crippen LogP contribution in [-0.4, -0.2) is 45.1 Å². The van der Waals surface area contributed by atoms with Crippen molar-refractivity contribution in [3.63, 3.8) is 0 Å². The molecule has 1 amide bonds. The zero-order valence-electron chi connectivity index (χ0n) is 18.6. The number of H-pyrrole nitrogens is 1. The van der Waals surface area contributed by atoms with E-state index >= 15 is 0 Å². The summed E-state index contributed by atoms with van der Waals surface area (Å²) in [4.78, 5) is 24.5. The molecule has 4 N–H and O–H groups in total. The molecule has 4 aromatic rings. The van der Waals surface area contributed by atoms with Gasteiger partial charge in [-0.3, -0.25) is 5.10 Å². The Morgan fingerprint density at radius 1 is 0.971 bits per heavy atom. The maximum atomic E-state index is 12.6. The number of ether oxygens (including phenoxy) is 1. The van der Waals surface area contributed by atoms with Crippen molar-refractivity contribution < 1.29 is 24.5 Å². The molecule has 1 aliphatic rings. The molecule has 1 aliphatic carbocycles. The van der Waals surface area contributed by atoms with E-state index in [4.69, 9.17) is 4.74 Å². The van der Waals surface area contributed by atoms with Gasteiger partial charge in [-0.1, -0.05) is 48.5 Å². The summed E-state index contributed by atoms with van der Waals surface area (Å²) in [6.45, 7) is 0.0939. The average molecular weight is 469 g/mol. The number of nitrogens with zero attached hydrogens (tertiary/aromatic N) is 1. The number of rotatable bonds is 7. The molecule has 176 valence electrons. The van der Waals surface area contributed by atoms with E-state index in [0.29, 0.717) is 11.3 Å². The minimum atomic E-state index is -1.21. The number of hydrogen-bond donors (Lipinski definition) is 4. The van der Waals surface area contributed by atoms with Crippen LogP contribution in [0.15, 0.2) is 79.0 Å². The van der Waals surface area contributed by atoms with Crippen LogP contribution in [0.4, 0.5) is 4.79 Å². The maximum Gasteiger partial charge on any atom is 0.407 e. The molecule has 0 spiro atoms. The highest BCUT2D eigenvalue weighted by atomic mass is 16.5. The molecule has 8 heteroatoms. The number of aromatic hydroxyl groups is 1. The third-order valence-corrected chi connectivity index (χ3v) is 6.23. The number of nitrogens with one attached hydrogen (secondary N) is 2. The van der Waals surface area contributed by atoms with Crippen molar-refractivity contribution in [2.24, 2.45) is 0 Å². The van der Waals surface area contributed by atoms with Gasteiger partial charge in [-0.15, -0.1) is 0 Å². The summed E-state index contributed by atoms with van der Waals surface area (Å²) in [6.07, 6.45) is 0.734. The van der Waals surface area contributed by atoms with Crippen LogP contribution < -0.4 is 5.32 Å². The summed E-state index contributed by atoms with van der Waals surface area (Å²) in [5, 5.41) is 28.6. The van der Waals surface area contributed by atoms with Gasteiger partial charge >= 0.3 is 12.1 Å². The number of hydrogen-bond acceptors (Lipinski definition) is 5.